The van der Waals surface area contributed by atoms with Crippen LogP contribution in [-0.4, -0.2) is 18.6 Å². The Morgan fingerprint density at radius 1 is 1.42 bits per heavy atom. The van der Waals surface area contributed by atoms with Crippen LogP contribution in [0.1, 0.15) is 16.3 Å². The molecule has 19 heavy (non-hydrogen) atoms. The molecule has 0 aliphatic carbocycles. The minimum absolute atomic E-state index is 0.742. The zero-order valence-electron chi connectivity index (χ0n) is 11.3. The molecule has 1 aromatic heterocycles. The molecule has 0 amide bonds. The highest BCUT2D eigenvalue weighted by atomic mass is 32.1. The third kappa shape index (κ3) is 3.94. The van der Waals surface area contributed by atoms with E-state index < -0.39 is 0 Å². The number of nitrogens with one attached hydrogen (secondary N) is 1. The van der Waals surface area contributed by atoms with Gasteiger partial charge in [0.25, 0.3) is 0 Å². The van der Waals surface area contributed by atoms with Gasteiger partial charge in [0.05, 0.1) is 17.8 Å². The van der Waals surface area contributed by atoms with Crippen LogP contribution in [0.15, 0.2) is 23.6 Å². The summed E-state index contributed by atoms with van der Waals surface area (Å²) in [5, 5.41) is 6.61. The van der Waals surface area contributed by atoms with Crippen molar-refractivity contribution in [1.29, 1.82) is 0 Å². The number of methoxy groups -OCH3 is 1. The molecule has 3 N–H and O–H groups in total. The summed E-state index contributed by atoms with van der Waals surface area (Å²) < 4.78 is 5.20. The van der Waals surface area contributed by atoms with Crippen molar-refractivity contribution in [3.63, 3.8) is 0 Å². The fourth-order valence-corrected chi connectivity index (χ4v) is 2.47. The summed E-state index contributed by atoms with van der Waals surface area (Å²) >= 11 is 1.69. The molecule has 2 rings (SSSR count). The molecule has 0 aliphatic rings. The summed E-state index contributed by atoms with van der Waals surface area (Å²) in [7, 11) is 1.66. The fraction of sp³-hybridized carbons (Fsp3) is 0.357. The molecule has 0 bridgehead atoms. The number of thiazole rings is 1. The van der Waals surface area contributed by atoms with Gasteiger partial charge in [-0.3, -0.25) is 0 Å². The molecular weight excluding hydrogens is 258 g/mol. The van der Waals surface area contributed by atoms with Gasteiger partial charge in [0.15, 0.2) is 0 Å². The van der Waals surface area contributed by atoms with Crippen molar-refractivity contribution in [3.05, 3.63) is 39.8 Å². The molecule has 0 radical (unpaired) electrons. The van der Waals surface area contributed by atoms with E-state index in [1.165, 1.54) is 0 Å². The summed E-state index contributed by atoms with van der Waals surface area (Å²) in [5.41, 5.74) is 8.93. The monoisotopic (exact) mass is 277 g/mol. The summed E-state index contributed by atoms with van der Waals surface area (Å²) in [6.07, 6.45) is 0.939. The second-order valence-electron chi connectivity index (χ2n) is 4.35. The van der Waals surface area contributed by atoms with Crippen LogP contribution in [0.4, 0.5) is 5.69 Å². The maximum absolute atomic E-state index is 5.93. The zero-order chi connectivity index (χ0) is 13.7. The van der Waals surface area contributed by atoms with E-state index in [0.717, 1.165) is 47.2 Å². The summed E-state index contributed by atoms with van der Waals surface area (Å²) in [5.74, 6) is 0.834. The van der Waals surface area contributed by atoms with Crippen molar-refractivity contribution in [3.8, 4) is 5.75 Å². The lowest BCUT2D eigenvalue weighted by Crippen LogP contribution is -2.17. The number of aromatic nitrogens is 1. The Labute approximate surface area is 117 Å². The lowest BCUT2D eigenvalue weighted by Gasteiger charge is -2.09. The molecule has 1 heterocycles. The van der Waals surface area contributed by atoms with Crippen LogP contribution in [0.25, 0.3) is 0 Å². The maximum Gasteiger partial charge on any atom is 0.119 e. The van der Waals surface area contributed by atoms with E-state index in [9.17, 15) is 0 Å². The highest BCUT2D eigenvalue weighted by Gasteiger charge is 2.02. The normalized spacial score (nSPS) is 10.6. The summed E-state index contributed by atoms with van der Waals surface area (Å²) in [4.78, 5) is 4.43. The predicted octanol–water partition coefficient (Wildman–Crippen LogP) is 2.37. The van der Waals surface area contributed by atoms with Crippen molar-refractivity contribution < 1.29 is 4.74 Å². The van der Waals surface area contributed by atoms with Crippen molar-refractivity contribution in [2.45, 2.75) is 19.9 Å². The van der Waals surface area contributed by atoms with E-state index in [1.54, 1.807) is 18.4 Å². The third-order valence-electron chi connectivity index (χ3n) is 2.89. The van der Waals surface area contributed by atoms with E-state index in [2.05, 4.69) is 15.7 Å². The summed E-state index contributed by atoms with van der Waals surface area (Å²) in [6, 6.07) is 5.71. The molecule has 0 fully saturated rings. The molecule has 0 spiro atoms. The van der Waals surface area contributed by atoms with Gasteiger partial charge in [-0.15, -0.1) is 11.3 Å². The SMILES string of the molecule is COc1ccc(N)c(CNCCc2csc(C)n2)c1. The number of nitrogens with zero attached hydrogens (tertiary/aromatic N) is 1. The topological polar surface area (TPSA) is 60.2 Å². The number of ether oxygens (including phenoxy) is 1. The number of rotatable bonds is 6. The number of benzene rings is 1. The Kier molecular flexibility index (Phi) is 4.76. The van der Waals surface area contributed by atoms with E-state index in [0.29, 0.717) is 0 Å². The minimum atomic E-state index is 0.742. The molecule has 1 aromatic carbocycles. The zero-order valence-corrected chi connectivity index (χ0v) is 12.1. The first-order valence-corrected chi connectivity index (χ1v) is 7.11. The molecular formula is C14H19N3OS. The quantitative estimate of drug-likeness (QED) is 0.628. The molecule has 0 atom stereocenters. The number of hydrogen-bond donors (Lipinski definition) is 2. The van der Waals surface area contributed by atoms with Crippen LogP contribution in [0.2, 0.25) is 0 Å². The van der Waals surface area contributed by atoms with Crippen LogP contribution in [-0.2, 0) is 13.0 Å². The minimum Gasteiger partial charge on any atom is -0.497 e. The van der Waals surface area contributed by atoms with E-state index >= 15 is 0 Å². The number of anilines is 1. The van der Waals surface area contributed by atoms with Crippen LogP contribution in [0, 0.1) is 6.92 Å². The number of aryl methyl sites for hydroxylation is 1. The standard InChI is InChI=1S/C14H19N3OS/c1-10-17-12(9-19-10)5-6-16-8-11-7-13(18-2)3-4-14(11)15/h3-4,7,9,16H,5-6,8,15H2,1-2H3. The van der Waals surface area contributed by atoms with Gasteiger partial charge in [0, 0.05) is 30.6 Å². The molecule has 4 nitrogen and oxygen atoms in total. The second kappa shape index (κ2) is 6.54. The smallest absolute Gasteiger partial charge is 0.119 e. The van der Waals surface area contributed by atoms with Gasteiger partial charge in [0.1, 0.15) is 5.75 Å². The first-order chi connectivity index (χ1) is 9.19. The largest absolute Gasteiger partial charge is 0.497 e. The molecule has 0 unspecified atom stereocenters. The highest BCUT2D eigenvalue weighted by molar-refractivity contribution is 7.09. The highest BCUT2D eigenvalue weighted by Crippen LogP contribution is 2.19. The van der Waals surface area contributed by atoms with Gasteiger partial charge in [-0.05, 0) is 30.7 Å². The van der Waals surface area contributed by atoms with Crippen LogP contribution in [0.3, 0.4) is 0 Å². The molecule has 0 saturated heterocycles. The van der Waals surface area contributed by atoms with E-state index in [1.807, 2.05) is 25.1 Å². The van der Waals surface area contributed by atoms with Crippen LogP contribution >= 0.6 is 11.3 Å². The average Bonchev–Trinajstić information content (AvgIpc) is 2.82. The molecule has 0 aliphatic heterocycles. The average molecular weight is 277 g/mol. The van der Waals surface area contributed by atoms with Gasteiger partial charge in [-0.2, -0.15) is 0 Å². The number of nitrogen functional groups attached to an aromatic ring is 1. The Morgan fingerprint density at radius 3 is 2.95 bits per heavy atom. The van der Waals surface area contributed by atoms with Crippen LogP contribution in [0.5, 0.6) is 5.75 Å². The number of nitrogens with two attached hydrogens (primary N) is 1. The lowest BCUT2D eigenvalue weighted by atomic mass is 10.1. The van der Waals surface area contributed by atoms with Crippen molar-refractivity contribution in [2.75, 3.05) is 19.4 Å². The Balaban J connectivity index is 1.82. The van der Waals surface area contributed by atoms with Crippen molar-refractivity contribution in [1.82, 2.24) is 10.3 Å². The van der Waals surface area contributed by atoms with Gasteiger partial charge < -0.3 is 15.8 Å². The maximum atomic E-state index is 5.93. The Bertz CT molecular complexity index is 539. The van der Waals surface area contributed by atoms with Crippen LogP contribution < -0.4 is 15.8 Å². The van der Waals surface area contributed by atoms with E-state index in [-0.39, 0.29) is 0 Å². The van der Waals surface area contributed by atoms with Crippen molar-refractivity contribution >= 4 is 17.0 Å². The van der Waals surface area contributed by atoms with Gasteiger partial charge >= 0.3 is 0 Å². The predicted molar refractivity (Wildman–Crippen MR) is 79.7 cm³/mol. The first kappa shape index (κ1) is 13.8. The fourth-order valence-electron chi connectivity index (χ4n) is 1.82. The summed E-state index contributed by atoms with van der Waals surface area (Å²) in [6.45, 7) is 3.66. The number of hydrogen-bond acceptors (Lipinski definition) is 5. The molecule has 2 aromatic rings. The van der Waals surface area contributed by atoms with Gasteiger partial charge in [-0.25, -0.2) is 4.98 Å². The van der Waals surface area contributed by atoms with Crippen molar-refractivity contribution in [2.24, 2.45) is 0 Å². The third-order valence-corrected chi connectivity index (χ3v) is 3.71. The molecule has 5 heteroatoms. The lowest BCUT2D eigenvalue weighted by molar-refractivity contribution is 0.414. The van der Waals surface area contributed by atoms with Gasteiger partial charge in [0.2, 0.25) is 0 Å². The Morgan fingerprint density at radius 2 is 2.26 bits per heavy atom. The van der Waals surface area contributed by atoms with Gasteiger partial charge in [-0.1, -0.05) is 0 Å². The Hall–Kier alpha value is -1.59. The van der Waals surface area contributed by atoms with E-state index in [4.69, 9.17) is 10.5 Å². The first-order valence-electron chi connectivity index (χ1n) is 6.23. The molecule has 102 valence electrons. The second-order valence-corrected chi connectivity index (χ2v) is 5.41. The molecule has 0 saturated carbocycles.